The van der Waals surface area contributed by atoms with E-state index in [0.29, 0.717) is 23.0 Å². The fraction of sp³-hybridized carbons (Fsp3) is 0.231. The number of hydrogen-bond acceptors (Lipinski definition) is 7. The van der Waals surface area contributed by atoms with Crippen LogP contribution in [0.1, 0.15) is 50.1 Å². The van der Waals surface area contributed by atoms with Gasteiger partial charge >= 0.3 is 15.4 Å². The first-order chi connectivity index (χ1) is 22.6. The lowest BCUT2D eigenvalue weighted by Crippen LogP contribution is -2.08. The molecule has 0 heterocycles. The highest BCUT2D eigenvalue weighted by atomic mass is 31.2. The second-order valence-corrected chi connectivity index (χ2v) is 16.0. The number of benzene rings is 5. The second-order valence-electron chi connectivity index (χ2n) is 12.6. The molecule has 0 fully saturated rings. The van der Waals surface area contributed by atoms with Gasteiger partial charge in [0.25, 0.3) is 0 Å². The molecule has 5 rings (SSSR count). The summed E-state index contributed by atoms with van der Waals surface area (Å²) in [5.41, 5.74) is 8.69. The van der Waals surface area contributed by atoms with Gasteiger partial charge in [-0.3, -0.25) is 0 Å². The smallest absolute Gasteiger partial charge is 0.416 e. The summed E-state index contributed by atoms with van der Waals surface area (Å²) in [6, 6.07) is 29.1. The number of hydrogen-bond donors (Lipinski definition) is 0. The van der Waals surface area contributed by atoms with Gasteiger partial charge in [-0.25, -0.2) is 4.57 Å². The van der Waals surface area contributed by atoms with Gasteiger partial charge in [0.05, 0.1) is 6.16 Å². The van der Waals surface area contributed by atoms with Crippen molar-refractivity contribution in [2.24, 2.45) is 0 Å². The molecule has 7 nitrogen and oxygen atoms in total. The summed E-state index contributed by atoms with van der Waals surface area (Å²) in [4.78, 5) is 0. The molecule has 9 heteroatoms. The Bertz CT molecular complexity index is 1690. The van der Waals surface area contributed by atoms with Crippen molar-refractivity contribution in [1.29, 1.82) is 0 Å². The first-order valence-electron chi connectivity index (χ1n) is 15.7. The van der Waals surface area contributed by atoms with E-state index in [1.807, 2.05) is 97.9 Å². The minimum Gasteiger partial charge on any atom is -0.416 e. The average molecular weight is 685 g/mol. The van der Waals surface area contributed by atoms with Crippen LogP contribution in [0.5, 0.6) is 28.7 Å². The number of aryl methyl sites for hydroxylation is 8. The van der Waals surface area contributed by atoms with Crippen LogP contribution in [0.2, 0.25) is 0 Å². The normalized spacial score (nSPS) is 12.6. The monoisotopic (exact) mass is 684 g/mol. The molecule has 250 valence electrons. The molecular weight excluding hydrogens is 642 g/mol. The SMILES string of the molecule is Cc1cc(C)cc(CP(=O)(Oc2ccc(OP(=O)(Oc3cc(C)cc(C)c3)Oc3cc(C)cc(C)c3)cc2)Oc2cc(C)cc(C)c2)c1. The Hall–Kier alpha value is -4.44. The van der Waals surface area contributed by atoms with E-state index in [9.17, 15) is 9.13 Å². The summed E-state index contributed by atoms with van der Waals surface area (Å²) in [6.07, 6.45) is 0.0590. The van der Waals surface area contributed by atoms with Gasteiger partial charge in [0.15, 0.2) is 0 Å². The predicted octanol–water partition coefficient (Wildman–Crippen LogP) is 11.6. The van der Waals surface area contributed by atoms with Crippen LogP contribution in [0.15, 0.2) is 97.1 Å². The lowest BCUT2D eigenvalue weighted by atomic mass is 10.1. The van der Waals surface area contributed by atoms with E-state index in [1.54, 1.807) is 48.5 Å². The molecule has 0 N–H and O–H groups in total. The summed E-state index contributed by atoms with van der Waals surface area (Å²) in [7, 11) is -8.03. The number of rotatable bonds is 12. The molecule has 0 spiro atoms. The molecule has 0 aliphatic carbocycles. The zero-order valence-corrected chi connectivity index (χ0v) is 30.5. The first kappa shape index (κ1) is 34.9. The topological polar surface area (TPSA) is 80.3 Å². The van der Waals surface area contributed by atoms with Crippen LogP contribution in [0.3, 0.4) is 0 Å². The molecule has 48 heavy (non-hydrogen) atoms. The molecule has 5 aromatic carbocycles. The Morgan fingerprint density at radius 2 is 0.646 bits per heavy atom. The van der Waals surface area contributed by atoms with Gasteiger partial charge in [-0.2, -0.15) is 4.57 Å². The zero-order chi connectivity index (χ0) is 34.6. The summed E-state index contributed by atoms with van der Waals surface area (Å²) in [5, 5.41) is 0. The largest absolute Gasteiger partial charge is 0.647 e. The maximum atomic E-state index is 14.4. The van der Waals surface area contributed by atoms with Gasteiger partial charge in [-0.1, -0.05) is 47.5 Å². The lowest BCUT2D eigenvalue weighted by Gasteiger charge is -2.22. The van der Waals surface area contributed by atoms with E-state index in [4.69, 9.17) is 22.6 Å². The van der Waals surface area contributed by atoms with Crippen LogP contribution >= 0.6 is 15.4 Å². The van der Waals surface area contributed by atoms with Crippen LogP contribution in [0, 0.1) is 55.4 Å². The van der Waals surface area contributed by atoms with Crippen LogP contribution in [0.4, 0.5) is 0 Å². The Kier molecular flexibility index (Phi) is 10.4. The van der Waals surface area contributed by atoms with Crippen molar-refractivity contribution in [2.45, 2.75) is 61.6 Å². The molecule has 5 aromatic rings. The van der Waals surface area contributed by atoms with Crippen molar-refractivity contribution >= 4 is 15.4 Å². The van der Waals surface area contributed by atoms with Gasteiger partial charge in [0.2, 0.25) is 0 Å². The molecular formula is C39H42O7P2. The summed E-state index contributed by atoms with van der Waals surface area (Å²) < 4.78 is 58.8. The minimum atomic E-state index is -4.25. The molecule has 0 radical (unpaired) electrons. The fourth-order valence-corrected chi connectivity index (χ4v) is 8.63. The predicted molar refractivity (Wildman–Crippen MR) is 192 cm³/mol. The number of phosphoric ester groups is 1. The molecule has 0 aromatic heterocycles. The van der Waals surface area contributed by atoms with Crippen LogP contribution < -0.4 is 22.6 Å². The third kappa shape index (κ3) is 9.79. The van der Waals surface area contributed by atoms with Crippen LogP contribution in [0.25, 0.3) is 0 Å². The van der Waals surface area contributed by atoms with Gasteiger partial charge < -0.3 is 22.6 Å². The molecule has 0 aliphatic rings. The van der Waals surface area contributed by atoms with Gasteiger partial charge in [0.1, 0.15) is 28.7 Å². The molecule has 0 aliphatic heterocycles. The second kappa shape index (κ2) is 14.4. The van der Waals surface area contributed by atoms with Crippen LogP contribution in [-0.2, 0) is 15.3 Å². The zero-order valence-electron chi connectivity index (χ0n) is 28.7. The Balaban J connectivity index is 1.43. The van der Waals surface area contributed by atoms with E-state index >= 15 is 0 Å². The maximum Gasteiger partial charge on any atom is 0.647 e. The standard InChI is InChI=1S/C39H42O7P2/c1-26-13-27(2)18-34(17-26)25-47(40,43-37-19-28(3)14-29(4)20-37)42-35-9-11-36(12-10-35)44-48(41,45-38-21-30(5)15-31(6)22-38)46-39-23-32(7)16-33(8)24-39/h9-24H,25H2,1-8H3. The Morgan fingerprint density at radius 3 is 1.02 bits per heavy atom. The highest BCUT2D eigenvalue weighted by molar-refractivity contribution is 7.53. The highest BCUT2D eigenvalue weighted by Gasteiger charge is 2.34. The lowest BCUT2D eigenvalue weighted by molar-refractivity contribution is 0.298. The highest BCUT2D eigenvalue weighted by Crippen LogP contribution is 2.53. The van der Waals surface area contributed by atoms with E-state index in [1.165, 1.54) is 0 Å². The average Bonchev–Trinajstić information content (AvgIpc) is 2.91. The van der Waals surface area contributed by atoms with Gasteiger partial charge in [-0.05, 0) is 155 Å². The van der Waals surface area contributed by atoms with Crippen molar-refractivity contribution in [3.8, 4) is 28.7 Å². The van der Waals surface area contributed by atoms with E-state index in [0.717, 1.165) is 50.1 Å². The summed E-state index contributed by atoms with van der Waals surface area (Å²) >= 11 is 0. The minimum absolute atomic E-state index is 0.0590. The molecule has 0 amide bonds. The van der Waals surface area contributed by atoms with Crippen molar-refractivity contribution in [1.82, 2.24) is 0 Å². The Morgan fingerprint density at radius 1 is 0.375 bits per heavy atom. The molecule has 1 atom stereocenters. The molecule has 0 saturated heterocycles. The Labute approximate surface area is 284 Å². The molecule has 0 saturated carbocycles. The van der Waals surface area contributed by atoms with Crippen molar-refractivity contribution in [3.05, 3.63) is 147 Å². The number of phosphoric acid groups is 1. The van der Waals surface area contributed by atoms with Crippen LogP contribution in [-0.4, -0.2) is 0 Å². The van der Waals surface area contributed by atoms with E-state index in [-0.39, 0.29) is 11.9 Å². The van der Waals surface area contributed by atoms with Crippen molar-refractivity contribution in [2.75, 3.05) is 0 Å². The molecule has 1 unspecified atom stereocenters. The molecule has 0 bridgehead atoms. The van der Waals surface area contributed by atoms with Crippen molar-refractivity contribution in [3.63, 3.8) is 0 Å². The quantitative estimate of drug-likeness (QED) is 0.121. The van der Waals surface area contributed by atoms with Gasteiger partial charge in [0, 0.05) is 0 Å². The summed E-state index contributed by atoms with van der Waals surface area (Å²) in [6.45, 7) is 15.6. The van der Waals surface area contributed by atoms with Gasteiger partial charge in [-0.15, -0.1) is 0 Å². The first-order valence-corrected chi connectivity index (χ1v) is 18.9. The third-order valence-corrected chi connectivity index (χ3v) is 10.2. The third-order valence-electron chi connectivity index (χ3n) is 7.21. The fourth-order valence-electron chi connectivity index (χ4n) is 5.75. The van der Waals surface area contributed by atoms with Crippen molar-refractivity contribution < 1.29 is 31.7 Å². The van der Waals surface area contributed by atoms with E-state index in [2.05, 4.69) is 6.07 Å². The summed E-state index contributed by atoms with van der Waals surface area (Å²) in [5.74, 6) is 1.68. The van der Waals surface area contributed by atoms with E-state index < -0.39 is 15.4 Å². The maximum absolute atomic E-state index is 14.4.